The highest BCUT2D eigenvalue weighted by Gasteiger charge is 2.20. The van der Waals surface area contributed by atoms with Crippen LogP contribution in [0.1, 0.15) is 32.8 Å². The van der Waals surface area contributed by atoms with Gasteiger partial charge in [0.2, 0.25) is 0 Å². The molecular weight excluding hydrogens is 356 g/mol. The number of nitrogens with two attached hydrogens (primary N) is 1. The smallest absolute Gasteiger partial charge is 0.188 e. The van der Waals surface area contributed by atoms with Crippen LogP contribution in [0.25, 0.3) is 0 Å². The fourth-order valence-corrected chi connectivity index (χ4v) is 1.59. The van der Waals surface area contributed by atoms with Gasteiger partial charge in [0.15, 0.2) is 5.96 Å². The van der Waals surface area contributed by atoms with E-state index in [1.165, 1.54) is 6.07 Å². The van der Waals surface area contributed by atoms with Gasteiger partial charge in [-0.15, -0.1) is 24.0 Å². The van der Waals surface area contributed by atoms with Crippen molar-refractivity contribution in [2.24, 2.45) is 10.7 Å². The molecule has 5 heteroatoms. The molecule has 0 radical (unpaired) electrons. The van der Waals surface area contributed by atoms with Crippen LogP contribution >= 0.6 is 24.0 Å². The molecule has 0 saturated carbocycles. The summed E-state index contributed by atoms with van der Waals surface area (Å²) in [4.78, 5) is 4.30. The van der Waals surface area contributed by atoms with Crippen molar-refractivity contribution < 1.29 is 4.39 Å². The Hall–Kier alpha value is -0.850. The molecule has 0 unspecified atom stereocenters. The summed E-state index contributed by atoms with van der Waals surface area (Å²) in [7, 11) is 0. The van der Waals surface area contributed by atoms with Crippen molar-refractivity contribution in [2.75, 3.05) is 13.1 Å². The summed E-state index contributed by atoms with van der Waals surface area (Å²) in [6, 6.07) is 6.62. The molecule has 0 aliphatic heterocycles. The van der Waals surface area contributed by atoms with E-state index >= 15 is 0 Å². The lowest BCUT2D eigenvalue weighted by Gasteiger charge is -2.23. The van der Waals surface area contributed by atoms with Crippen molar-refractivity contribution in [1.29, 1.82) is 0 Å². The molecule has 0 atom stereocenters. The fourth-order valence-electron chi connectivity index (χ4n) is 1.59. The maximum Gasteiger partial charge on any atom is 0.188 e. The monoisotopic (exact) mass is 379 g/mol. The molecule has 0 bridgehead atoms. The van der Waals surface area contributed by atoms with Crippen LogP contribution in [0, 0.1) is 5.82 Å². The Morgan fingerprint density at radius 3 is 2.68 bits per heavy atom. The molecule has 108 valence electrons. The summed E-state index contributed by atoms with van der Waals surface area (Å²) >= 11 is 0. The molecule has 3 nitrogen and oxygen atoms in total. The van der Waals surface area contributed by atoms with Crippen LogP contribution in [0.5, 0.6) is 0 Å². The molecule has 19 heavy (non-hydrogen) atoms. The third-order valence-corrected chi connectivity index (χ3v) is 2.81. The molecule has 3 N–H and O–H groups in total. The first-order valence-corrected chi connectivity index (χ1v) is 6.25. The van der Waals surface area contributed by atoms with Crippen LogP contribution in [0.3, 0.4) is 0 Å². The Morgan fingerprint density at radius 1 is 1.42 bits per heavy atom. The van der Waals surface area contributed by atoms with Gasteiger partial charge in [-0.1, -0.05) is 32.9 Å². The molecule has 1 rings (SSSR count). The standard InChI is InChI=1S/C14H22FN3.HI/c1-4-8-17-13(16)18-10-14(2,3)11-6-5-7-12(15)9-11;/h5-7,9H,4,8,10H2,1-3H3,(H3,16,17,18);1H. The van der Waals surface area contributed by atoms with Crippen LogP contribution in [0.15, 0.2) is 29.3 Å². The van der Waals surface area contributed by atoms with E-state index in [1.807, 2.05) is 19.9 Å². The molecule has 0 saturated heterocycles. The third kappa shape index (κ3) is 6.22. The van der Waals surface area contributed by atoms with Gasteiger partial charge < -0.3 is 11.1 Å². The Labute approximate surface area is 131 Å². The molecule has 0 spiro atoms. The minimum Gasteiger partial charge on any atom is -0.370 e. The quantitative estimate of drug-likeness (QED) is 0.470. The van der Waals surface area contributed by atoms with Crippen molar-refractivity contribution >= 4 is 29.9 Å². The normalized spacial score (nSPS) is 11.9. The van der Waals surface area contributed by atoms with Gasteiger partial charge in [0, 0.05) is 12.0 Å². The predicted molar refractivity (Wildman–Crippen MR) is 89.6 cm³/mol. The molecule has 1 aromatic carbocycles. The van der Waals surface area contributed by atoms with Crippen molar-refractivity contribution in [3.05, 3.63) is 35.6 Å². The van der Waals surface area contributed by atoms with E-state index in [2.05, 4.69) is 17.2 Å². The lowest BCUT2D eigenvalue weighted by Crippen LogP contribution is -2.34. The molecule has 1 aromatic rings. The lowest BCUT2D eigenvalue weighted by molar-refractivity contribution is 0.530. The van der Waals surface area contributed by atoms with Gasteiger partial charge in [-0.25, -0.2) is 4.39 Å². The molecule has 0 fully saturated rings. The highest BCUT2D eigenvalue weighted by atomic mass is 127. The number of guanidine groups is 1. The topological polar surface area (TPSA) is 50.4 Å². The number of aliphatic imine (C=N–C) groups is 1. The van der Waals surface area contributed by atoms with Crippen LogP contribution in [-0.2, 0) is 5.41 Å². The second kappa shape index (κ2) is 8.35. The summed E-state index contributed by atoms with van der Waals surface area (Å²) in [6.07, 6.45) is 1.00. The largest absolute Gasteiger partial charge is 0.370 e. The van der Waals surface area contributed by atoms with Crippen molar-refractivity contribution in [3.63, 3.8) is 0 Å². The van der Waals surface area contributed by atoms with Gasteiger partial charge >= 0.3 is 0 Å². The van der Waals surface area contributed by atoms with Crippen LogP contribution in [0.4, 0.5) is 4.39 Å². The van der Waals surface area contributed by atoms with Gasteiger partial charge in [-0.3, -0.25) is 4.99 Å². The number of halogens is 2. The van der Waals surface area contributed by atoms with Crippen LogP contribution < -0.4 is 11.1 Å². The molecule has 0 heterocycles. The van der Waals surface area contributed by atoms with E-state index in [0.717, 1.165) is 18.5 Å². The highest BCUT2D eigenvalue weighted by molar-refractivity contribution is 14.0. The summed E-state index contributed by atoms with van der Waals surface area (Å²) < 4.78 is 13.2. The first-order chi connectivity index (χ1) is 8.45. The van der Waals surface area contributed by atoms with Gasteiger partial charge in [-0.2, -0.15) is 0 Å². The zero-order valence-corrected chi connectivity index (χ0v) is 14.1. The lowest BCUT2D eigenvalue weighted by atomic mass is 9.85. The third-order valence-electron chi connectivity index (χ3n) is 2.81. The van der Waals surface area contributed by atoms with E-state index in [1.54, 1.807) is 12.1 Å². The fraction of sp³-hybridized carbons (Fsp3) is 0.500. The van der Waals surface area contributed by atoms with Crippen LogP contribution in [-0.4, -0.2) is 19.0 Å². The summed E-state index contributed by atoms with van der Waals surface area (Å²) in [5.74, 6) is 0.225. The summed E-state index contributed by atoms with van der Waals surface area (Å²) in [6.45, 7) is 7.46. The second-order valence-electron chi connectivity index (χ2n) is 5.02. The van der Waals surface area contributed by atoms with E-state index in [9.17, 15) is 4.39 Å². The molecule has 0 amide bonds. The van der Waals surface area contributed by atoms with Gasteiger partial charge in [0.1, 0.15) is 5.82 Å². The Balaban J connectivity index is 0.00000324. The number of benzene rings is 1. The minimum atomic E-state index is -0.236. The molecular formula is C14H23FIN3. The average molecular weight is 379 g/mol. The maximum atomic E-state index is 13.2. The van der Waals surface area contributed by atoms with Gasteiger partial charge in [-0.05, 0) is 24.1 Å². The number of rotatable bonds is 5. The highest BCUT2D eigenvalue weighted by Crippen LogP contribution is 2.23. The van der Waals surface area contributed by atoms with Crippen molar-refractivity contribution in [3.8, 4) is 0 Å². The minimum absolute atomic E-state index is 0. The summed E-state index contributed by atoms with van der Waals surface area (Å²) in [5.41, 5.74) is 6.43. The Kier molecular flexibility index (Phi) is 7.97. The first-order valence-electron chi connectivity index (χ1n) is 6.25. The number of nitrogens with zero attached hydrogens (tertiary/aromatic N) is 1. The zero-order valence-electron chi connectivity index (χ0n) is 11.7. The Bertz CT molecular complexity index is 419. The number of hydrogen-bond acceptors (Lipinski definition) is 1. The van der Waals surface area contributed by atoms with Crippen molar-refractivity contribution in [2.45, 2.75) is 32.6 Å². The summed E-state index contributed by atoms with van der Waals surface area (Å²) in [5, 5.41) is 3.02. The van der Waals surface area contributed by atoms with E-state index in [-0.39, 0.29) is 35.2 Å². The van der Waals surface area contributed by atoms with E-state index in [4.69, 9.17) is 5.73 Å². The van der Waals surface area contributed by atoms with E-state index < -0.39 is 0 Å². The maximum absolute atomic E-state index is 13.2. The molecule has 0 aliphatic carbocycles. The predicted octanol–water partition coefficient (Wildman–Crippen LogP) is 3.04. The Morgan fingerprint density at radius 2 is 2.11 bits per heavy atom. The molecule has 0 aromatic heterocycles. The zero-order chi connectivity index (χ0) is 13.6. The second-order valence-corrected chi connectivity index (χ2v) is 5.02. The van der Waals surface area contributed by atoms with E-state index in [0.29, 0.717) is 12.5 Å². The van der Waals surface area contributed by atoms with Crippen molar-refractivity contribution in [1.82, 2.24) is 5.32 Å². The van der Waals surface area contributed by atoms with Crippen LogP contribution in [0.2, 0.25) is 0 Å². The average Bonchev–Trinajstić information content (AvgIpc) is 2.34. The first kappa shape index (κ1) is 18.1. The number of hydrogen-bond donors (Lipinski definition) is 2. The SMILES string of the molecule is CCCNC(N)=NCC(C)(C)c1cccc(F)c1.I. The number of nitrogens with one attached hydrogen (secondary N) is 1. The van der Waals surface area contributed by atoms with Gasteiger partial charge in [0.25, 0.3) is 0 Å². The molecule has 0 aliphatic rings. The van der Waals surface area contributed by atoms with Gasteiger partial charge in [0.05, 0.1) is 6.54 Å².